The number of rotatable bonds is 3. The molecule has 0 fully saturated rings. The number of carbonyl (C=O) groups excluding carboxylic acids is 1. The fourth-order valence-electron chi connectivity index (χ4n) is 1.93. The quantitative estimate of drug-likeness (QED) is 0.283. The second-order valence-corrected chi connectivity index (χ2v) is 6.23. The SMILES string of the molecule is CC=O.CCCCC#N.Cc1cc([N+](=O)[O-])c(N)cc1C(C)(C)C. The molecule has 0 spiro atoms. The van der Waals surface area contributed by atoms with Crippen LogP contribution in [0.5, 0.6) is 0 Å². The molecule has 0 unspecified atom stereocenters. The summed E-state index contributed by atoms with van der Waals surface area (Å²) in [5.41, 5.74) is 7.77. The molecule has 6 nitrogen and oxygen atoms in total. The van der Waals surface area contributed by atoms with Gasteiger partial charge in [0.1, 0.15) is 12.0 Å². The van der Waals surface area contributed by atoms with Gasteiger partial charge in [-0.2, -0.15) is 5.26 Å². The van der Waals surface area contributed by atoms with Crippen LogP contribution in [0, 0.1) is 28.4 Å². The first-order chi connectivity index (χ1) is 11.1. The molecule has 0 heterocycles. The maximum absolute atomic E-state index is 10.7. The van der Waals surface area contributed by atoms with Gasteiger partial charge in [0.15, 0.2) is 0 Å². The number of nitrogen functional groups attached to an aromatic ring is 1. The largest absolute Gasteiger partial charge is 0.393 e. The van der Waals surface area contributed by atoms with Gasteiger partial charge < -0.3 is 10.5 Å². The van der Waals surface area contributed by atoms with Gasteiger partial charge in [-0.25, -0.2) is 0 Å². The molecule has 24 heavy (non-hydrogen) atoms. The van der Waals surface area contributed by atoms with E-state index in [4.69, 9.17) is 15.8 Å². The smallest absolute Gasteiger partial charge is 0.292 e. The summed E-state index contributed by atoms with van der Waals surface area (Å²) in [5.74, 6) is 0. The predicted octanol–water partition coefficient (Wildman–Crippen LogP) is 4.69. The van der Waals surface area contributed by atoms with E-state index in [1.54, 1.807) is 6.07 Å². The molecule has 0 saturated carbocycles. The molecule has 1 aromatic carbocycles. The lowest BCUT2D eigenvalue weighted by Crippen LogP contribution is -2.14. The van der Waals surface area contributed by atoms with Crippen LogP contribution in [-0.4, -0.2) is 11.2 Å². The second kappa shape index (κ2) is 12.1. The van der Waals surface area contributed by atoms with Crippen molar-refractivity contribution < 1.29 is 9.72 Å². The molecule has 0 aliphatic heterocycles. The number of nitro groups is 1. The van der Waals surface area contributed by atoms with E-state index in [0.717, 1.165) is 36.7 Å². The molecule has 0 radical (unpaired) electrons. The van der Waals surface area contributed by atoms with Crippen molar-refractivity contribution in [3.8, 4) is 6.07 Å². The minimum Gasteiger partial charge on any atom is -0.393 e. The number of hydrogen-bond acceptors (Lipinski definition) is 5. The predicted molar refractivity (Wildman–Crippen MR) is 97.8 cm³/mol. The monoisotopic (exact) mass is 335 g/mol. The Morgan fingerprint density at radius 1 is 1.38 bits per heavy atom. The number of nitrogens with zero attached hydrogens (tertiary/aromatic N) is 2. The fraction of sp³-hybridized carbons (Fsp3) is 0.556. The van der Waals surface area contributed by atoms with Gasteiger partial charge in [-0.05, 0) is 42.9 Å². The van der Waals surface area contributed by atoms with E-state index in [-0.39, 0.29) is 16.8 Å². The summed E-state index contributed by atoms with van der Waals surface area (Å²) in [7, 11) is 0. The lowest BCUT2D eigenvalue weighted by atomic mass is 9.83. The first kappa shape index (κ1) is 23.8. The van der Waals surface area contributed by atoms with Crippen LogP contribution in [0.15, 0.2) is 12.1 Å². The fourth-order valence-corrected chi connectivity index (χ4v) is 1.93. The molecule has 0 amide bonds. The van der Waals surface area contributed by atoms with Crippen LogP contribution in [0.2, 0.25) is 0 Å². The summed E-state index contributed by atoms with van der Waals surface area (Å²) >= 11 is 0. The van der Waals surface area contributed by atoms with Gasteiger partial charge in [-0.3, -0.25) is 10.1 Å². The Kier molecular flexibility index (Phi) is 12.0. The van der Waals surface area contributed by atoms with Crippen molar-refractivity contribution in [1.82, 2.24) is 0 Å². The number of hydrogen-bond donors (Lipinski definition) is 1. The number of nitrogens with two attached hydrogens (primary N) is 1. The Labute approximate surface area is 144 Å². The first-order valence-electron chi connectivity index (χ1n) is 7.88. The molecule has 0 bridgehead atoms. The molecule has 2 N–H and O–H groups in total. The summed E-state index contributed by atoms with van der Waals surface area (Å²) in [6.45, 7) is 11.6. The molecule has 0 aliphatic rings. The topological polar surface area (TPSA) is 110 Å². The molecular formula is C18H29N3O3. The summed E-state index contributed by atoms with van der Waals surface area (Å²) < 4.78 is 0. The number of aldehydes is 1. The highest BCUT2D eigenvalue weighted by Gasteiger charge is 2.21. The Bertz CT molecular complexity index is 570. The Morgan fingerprint density at radius 3 is 2.17 bits per heavy atom. The zero-order chi connectivity index (χ0) is 19.3. The summed E-state index contributed by atoms with van der Waals surface area (Å²) in [6.07, 6.45) is 3.65. The van der Waals surface area contributed by atoms with Crippen molar-refractivity contribution in [3.63, 3.8) is 0 Å². The number of nitro benzene ring substituents is 1. The zero-order valence-corrected chi connectivity index (χ0v) is 15.5. The van der Waals surface area contributed by atoms with Crippen molar-refractivity contribution >= 4 is 17.7 Å². The van der Waals surface area contributed by atoms with Gasteiger partial charge >= 0.3 is 0 Å². The van der Waals surface area contributed by atoms with Crippen LogP contribution in [0.3, 0.4) is 0 Å². The van der Waals surface area contributed by atoms with Crippen LogP contribution >= 0.6 is 0 Å². The van der Waals surface area contributed by atoms with E-state index in [1.165, 1.54) is 13.0 Å². The molecule has 1 rings (SSSR count). The number of carbonyl (C=O) groups is 1. The Hall–Kier alpha value is -2.42. The molecule has 6 heteroatoms. The average molecular weight is 335 g/mol. The van der Waals surface area contributed by atoms with Crippen LogP contribution < -0.4 is 5.73 Å². The van der Waals surface area contributed by atoms with Crippen molar-refractivity contribution in [2.45, 2.75) is 66.2 Å². The van der Waals surface area contributed by atoms with Crippen molar-refractivity contribution in [2.75, 3.05) is 5.73 Å². The highest BCUT2D eigenvalue weighted by atomic mass is 16.6. The highest BCUT2D eigenvalue weighted by Crippen LogP contribution is 2.32. The zero-order valence-electron chi connectivity index (χ0n) is 15.5. The van der Waals surface area contributed by atoms with E-state index in [2.05, 4.69) is 33.8 Å². The molecule has 0 atom stereocenters. The highest BCUT2D eigenvalue weighted by molar-refractivity contribution is 5.62. The normalized spacial score (nSPS) is 9.54. The molecular weight excluding hydrogens is 306 g/mol. The third-order valence-electron chi connectivity index (χ3n) is 3.02. The third-order valence-corrected chi connectivity index (χ3v) is 3.02. The van der Waals surface area contributed by atoms with Crippen molar-refractivity contribution in [3.05, 3.63) is 33.4 Å². The Morgan fingerprint density at radius 2 is 1.88 bits per heavy atom. The van der Waals surface area contributed by atoms with Gasteiger partial charge in [0.05, 0.1) is 11.0 Å². The average Bonchev–Trinajstić information content (AvgIpc) is 2.47. The maximum atomic E-state index is 10.7. The summed E-state index contributed by atoms with van der Waals surface area (Å²) in [4.78, 5) is 19.0. The lowest BCUT2D eigenvalue weighted by molar-refractivity contribution is -0.384. The third kappa shape index (κ3) is 9.57. The van der Waals surface area contributed by atoms with E-state index in [1.807, 2.05) is 6.92 Å². The van der Waals surface area contributed by atoms with E-state index >= 15 is 0 Å². The lowest BCUT2D eigenvalue weighted by Gasteiger charge is -2.21. The summed E-state index contributed by atoms with van der Waals surface area (Å²) in [6, 6.07) is 5.31. The van der Waals surface area contributed by atoms with Crippen LogP contribution in [-0.2, 0) is 10.2 Å². The molecule has 0 aliphatic carbocycles. The van der Waals surface area contributed by atoms with E-state index in [0.29, 0.717) is 0 Å². The molecule has 0 aromatic heterocycles. The Balaban J connectivity index is 0. The number of unbranched alkanes of at least 4 members (excludes halogenated alkanes) is 2. The minimum atomic E-state index is -0.450. The number of aryl methyl sites for hydroxylation is 1. The van der Waals surface area contributed by atoms with Crippen molar-refractivity contribution in [1.29, 1.82) is 5.26 Å². The number of nitriles is 1. The van der Waals surface area contributed by atoms with Gasteiger partial charge in [0.25, 0.3) is 5.69 Å². The minimum absolute atomic E-state index is 0.0134. The number of anilines is 1. The van der Waals surface area contributed by atoms with E-state index in [9.17, 15) is 10.1 Å². The van der Waals surface area contributed by atoms with Gasteiger partial charge in [0, 0.05) is 12.5 Å². The van der Waals surface area contributed by atoms with Gasteiger partial charge in [0.2, 0.25) is 0 Å². The molecule has 1 aromatic rings. The van der Waals surface area contributed by atoms with E-state index < -0.39 is 4.92 Å². The summed E-state index contributed by atoms with van der Waals surface area (Å²) in [5, 5.41) is 18.6. The molecule has 0 saturated heterocycles. The van der Waals surface area contributed by atoms with Crippen LogP contribution in [0.4, 0.5) is 11.4 Å². The van der Waals surface area contributed by atoms with Gasteiger partial charge in [-0.15, -0.1) is 0 Å². The van der Waals surface area contributed by atoms with Crippen molar-refractivity contribution in [2.24, 2.45) is 0 Å². The maximum Gasteiger partial charge on any atom is 0.292 e. The second-order valence-electron chi connectivity index (χ2n) is 6.23. The van der Waals surface area contributed by atoms with Crippen LogP contribution in [0.1, 0.15) is 65.0 Å². The molecule has 134 valence electrons. The first-order valence-corrected chi connectivity index (χ1v) is 7.88. The number of benzene rings is 1. The standard InChI is InChI=1S/C11H16N2O2.C5H9N.C2H4O/c1-7-5-10(13(14)15)9(12)6-8(7)11(2,3)4;1-2-3-4-5-6;1-2-3/h5-6H,12H2,1-4H3;2-4H2,1H3;2H,1H3. The van der Waals surface area contributed by atoms with Gasteiger partial charge in [-0.1, -0.05) is 34.1 Å². The van der Waals surface area contributed by atoms with Crippen LogP contribution in [0.25, 0.3) is 0 Å².